The number of Topliss-reactive ketones (excluding diaryl/α,β-unsaturated/α-hetero) is 1. The molecule has 1 N–H and O–H groups in total. The third-order valence-electron chi connectivity index (χ3n) is 5.80. The standard InChI is InChI=1S/C24H25N3O5/c1-15-21(17-6-4-5-7-18(17)25-15)22(28)24(30)27-12-10-26(11-13-27)23(29)16-8-9-19(31-2)20(14-16)32-3/h4-9,14,25H,10-13H2,1-3H3. The van der Waals surface area contributed by atoms with Crippen LogP contribution in [-0.4, -0.2) is 72.8 Å². The maximum Gasteiger partial charge on any atom is 0.295 e. The van der Waals surface area contributed by atoms with Crippen LogP contribution in [0.1, 0.15) is 26.4 Å². The highest BCUT2D eigenvalue weighted by molar-refractivity contribution is 6.45. The second-order valence-corrected chi connectivity index (χ2v) is 7.65. The number of para-hydroxylation sites is 1. The van der Waals surface area contributed by atoms with Crippen LogP contribution in [0.5, 0.6) is 11.5 Å². The number of carbonyl (C=O) groups excluding carboxylic acids is 3. The molecule has 1 aliphatic rings. The molecule has 3 aromatic rings. The summed E-state index contributed by atoms with van der Waals surface area (Å²) in [5.41, 5.74) is 2.39. The summed E-state index contributed by atoms with van der Waals surface area (Å²) in [4.78, 5) is 45.2. The van der Waals surface area contributed by atoms with Crippen molar-refractivity contribution in [1.82, 2.24) is 14.8 Å². The van der Waals surface area contributed by atoms with Gasteiger partial charge in [0.15, 0.2) is 11.5 Å². The minimum atomic E-state index is -0.545. The molecular weight excluding hydrogens is 410 g/mol. The van der Waals surface area contributed by atoms with E-state index in [1.54, 1.807) is 30.0 Å². The molecule has 1 saturated heterocycles. The molecule has 0 saturated carbocycles. The van der Waals surface area contributed by atoms with E-state index in [0.29, 0.717) is 54.5 Å². The Morgan fingerprint density at radius 2 is 1.53 bits per heavy atom. The minimum absolute atomic E-state index is 0.156. The van der Waals surface area contributed by atoms with Gasteiger partial charge >= 0.3 is 0 Å². The first-order valence-corrected chi connectivity index (χ1v) is 10.4. The molecule has 0 spiro atoms. The number of carbonyl (C=O) groups is 3. The normalized spacial score (nSPS) is 13.8. The molecule has 8 heteroatoms. The molecule has 0 radical (unpaired) electrons. The van der Waals surface area contributed by atoms with Gasteiger partial charge in [-0.05, 0) is 31.2 Å². The van der Waals surface area contributed by atoms with Gasteiger partial charge in [-0.1, -0.05) is 18.2 Å². The van der Waals surface area contributed by atoms with Crippen LogP contribution in [0.4, 0.5) is 0 Å². The Kier molecular flexibility index (Phi) is 5.85. The van der Waals surface area contributed by atoms with Gasteiger partial charge in [-0.3, -0.25) is 14.4 Å². The summed E-state index contributed by atoms with van der Waals surface area (Å²) in [5, 5.41) is 0.741. The van der Waals surface area contributed by atoms with Gasteiger partial charge in [0.2, 0.25) is 0 Å². The smallest absolute Gasteiger partial charge is 0.295 e. The lowest BCUT2D eigenvalue weighted by molar-refractivity contribution is -0.127. The van der Waals surface area contributed by atoms with Crippen molar-refractivity contribution >= 4 is 28.5 Å². The first-order chi connectivity index (χ1) is 15.4. The number of ether oxygens (including phenoxy) is 2. The molecule has 2 heterocycles. The number of hydrogen-bond donors (Lipinski definition) is 1. The molecule has 1 fully saturated rings. The van der Waals surface area contributed by atoms with E-state index in [4.69, 9.17) is 9.47 Å². The molecule has 166 valence electrons. The van der Waals surface area contributed by atoms with E-state index in [-0.39, 0.29) is 5.91 Å². The molecule has 1 aromatic heterocycles. The molecule has 0 atom stereocenters. The zero-order chi connectivity index (χ0) is 22.8. The monoisotopic (exact) mass is 435 g/mol. The van der Waals surface area contributed by atoms with Crippen LogP contribution in [-0.2, 0) is 4.79 Å². The van der Waals surface area contributed by atoms with Gasteiger partial charge in [-0.15, -0.1) is 0 Å². The van der Waals surface area contributed by atoms with Crippen molar-refractivity contribution in [2.75, 3.05) is 40.4 Å². The Hall–Kier alpha value is -3.81. The summed E-state index contributed by atoms with van der Waals surface area (Å²) in [6, 6.07) is 12.4. The Morgan fingerprint density at radius 3 is 2.22 bits per heavy atom. The van der Waals surface area contributed by atoms with Crippen molar-refractivity contribution in [1.29, 1.82) is 0 Å². The van der Waals surface area contributed by atoms with Crippen molar-refractivity contribution in [3.8, 4) is 11.5 Å². The summed E-state index contributed by atoms with van der Waals surface area (Å²) >= 11 is 0. The number of nitrogens with zero attached hydrogens (tertiary/aromatic N) is 2. The van der Waals surface area contributed by atoms with Crippen molar-refractivity contribution < 1.29 is 23.9 Å². The average molecular weight is 435 g/mol. The third-order valence-corrected chi connectivity index (χ3v) is 5.80. The maximum absolute atomic E-state index is 13.0. The number of aryl methyl sites for hydroxylation is 1. The topological polar surface area (TPSA) is 91.9 Å². The largest absolute Gasteiger partial charge is 0.493 e. The van der Waals surface area contributed by atoms with Gasteiger partial charge in [0.05, 0.1) is 19.8 Å². The number of aromatic nitrogens is 1. The fraction of sp³-hybridized carbons (Fsp3) is 0.292. The van der Waals surface area contributed by atoms with Crippen LogP contribution >= 0.6 is 0 Å². The van der Waals surface area contributed by atoms with Gasteiger partial charge in [0.1, 0.15) is 0 Å². The van der Waals surface area contributed by atoms with Crippen molar-refractivity contribution in [2.45, 2.75) is 6.92 Å². The van der Waals surface area contributed by atoms with E-state index >= 15 is 0 Å². The fourth-order valence-corrected chi connectivity index (χ4v) is 4.08. The molecular formula is C24H25N3O5. The van der Waals surface area contributed by atoms with Gasteiger partial charge < -0.3 is 24.3 Å². The van der Waals surface area contributed by atoms with Crippen molar-refractivity contribution in [2.24, 2.45) is 0 Å². The number of nitrogens with one attached hydrogen (secondary N) is 1. The van der Waals surface area contributed by atoms with Crippen LogP contribution in [0, 0.1) is 6.92 Å². The second kappa shape index (κ2) is 8.74. The quantitative estimate of drug-likeness (QED) is 0.491. The Bertz CT molecular complexity index is 1190. The van der Waals surface area contributed by atoms with Crippen molar-refractivity contribution in [3.05, 3.63) is 59.3 Å². The van der Waals surface area contributed by atoms with E-state index in [2.05, 4.69) is 4.98 Å². The van der Waals surface area contributed by atoms with Crippen LogP contribution in [0.2, 0.25) is 0 Å². The number of piperazine rings is 1. The van der Waals surface area contributed by atoms with Gasteiger partial charge in [0, 0.05) is 48.3 Å². The van der Waals surface area contributed by atoms with E-state index in [9.17, 15) is 14.4 Å². The molecule has 0 aliphatic carbocycles. The SMILES string of the molecule is COc1ccc(C(=O)N2CCN(C(=O)C(=O)c3c(C)[nH]c4ccccc34)CC2)cc1OC. The highest BCUT2D eigenvalue weighted by Gasteiger charge is 2.31. The molecule has 2 aromatic carbocycles. The van der Waals surface area contributed by atoms with Crippen LogP contribution in [0.3, 0.4) is 0 Å². The number of benzene rings is 2. The Balaban J connectivity index is 1.44. The molecule has 1 aliphatic heterocycles. The Morgan fingerprint density at radius 1 is 0.875 bits per heavy atom. The number of ketones is 1. The summed E-state index contributed by atoms with van der Waals surface area (Å²) < 4.78 is 10.5. The second-order valence-electron chi connectivity index (χ2n) is 7.65. The number of amides is 2. The van der Waals surface area contributed by atoms with Crippen LogP contribution in [0.25, 0.3) is 10.9 Å². The number of fused-ring (bicyclic) bond motifs is 1. The first-order valence-electron chi connectivity index (χ1n) is 10.4. The lowest BCUT2D eigenvalue weighted by Crippen LogP contribution is -2.52. The maximum atomic E-state index is 13.0. The molecule has 0 unspecified atom stereocenters. The molecule has 4 rings (SSSR count). The zero-order valence-electron chi connectivity index (χ0n) is 18.3. The zero-order valence-corrected chi connectivity index (χ0v) is 18.3. The lowest BCUT2D eigenvalue weighted by Gasteiger charge is -2.34. The minimum Gasteiger partial charge on any atom is -0.493 e. The van der Waals surface area contributed by atoms with E-state index in [1.807, 2.05) is 24.3 Å². The summed E-state index contributed by atoms with van der Waals surface area (Å²) in [7, 11) is 3.05. The summed E-state index contributed by atoms with van der Waals surface area (Å²) in [5.74, 6) is -0.204. The molecule has 0 bridgehead atoms. The highest BCUT2D eigenvalue weighted by Crippen LogP contribution is 2.28. The third kappa shape index (κ3) is 3.79. The average Bonchev–Trinajstić information content (AvgIpc) is 3.17. The number of rotatable bonds is 5. The van der Waals surface area contributed by atoms with Crippen LogP contribution < -0.4 is 9.47 Å². The summed E-state index contributed by atoms with van der Waals surface area (Å²) in [6.07, 6.45) is 0. The predicted octanol–water partition coefficient (Wildman–Crippen LogP) is 2.66. The van der Waals surface area contributed by atoms with Crippen molar-refractivity contribution in [3.63, 3.8) is 0 Å². The predicted molar refractivity (Wildman–Crippen MR) is 119 cm³/mol. The van der Waals surface area contributed by atoms with E-state index in [0.717, 1.165) is 10.9 Å². The van der Waals surface area contributed by atoms with E-state index < -0.39 is 11.7 Å². The summed E-state index contributed by atoms with van der Waals surface area (Å²) in [6.45, 7) is 3.08. The Labute approximate surface area is 185 Å². The van der Waals surface area contributed by atoms with E-state index in [1.165, 1.54) is 19.1 Å². The first kappa shape index (κ1) is 21.4. The number of aromatic amines is 1. The molecule has 32 heavy (non-hydrogen) atoms. The van der Waals surface area contributed by atoms with Gasteiger partial charge in [-0.2, -0.15) is 0 Å². The number of hydrogen-bond acceptors (Lipinski definition) is 5. The van der Waals surface area contributed by atoms with Gasteiger partial charge in [-0.25, -0.2) is 0 Å². The fourth-order valence-electron chi connectivity index (χ4n) is 4.08. The van der Waals surface area contributed by atoms with Crippen LogP contribution in [0.15, 0.2) is 42.5 Å². The lowest BCUT2D eigenvalue weighted by atomic mass is 10.1. The number of H-pyrrole nitrogens is 1. The molecule has 8 nitrogen and oxygen atoms in total. The molecule has 2 amide bonds. The number of methoxy groups -OCH3 is 2. The van der Waals surface area contributed by atoms with Gasteiger partial charge in [0.25, 0.3) is 17.6 Å². The highest BCUT2D eigenvalue weighted by atomic mass is 16.5.